The topological polar surface area (TPSA) is 84.9 Å². The van der Waals surface area contributed by atoms with Crippen LogP contribution in [0.3, 0.4) is 0 Å². The van der Waals surface area contributed by atoms with Gasteiger partial charge in [-0.05, 0) is 30.5 Å². The molecule has 0 atom stereocenters. The Balaban J connectivity index is 1.81. The monoisotopic (exact) mass is 321 g/mol. The Morgan fingerprint density at radius 3 is 2.61 bits per heavy atom. The molecule has 1 aromatic rings. The van der Waals surface area contributed by atoms with Gasteiger partial charge in [-0.3, -0.25) is 9.59 Å². The average Bonchev–Trinajstić information content (AvgIpc) is 2.97. The van der Waals surface area contributed by atoms with Crippen LogP contribution in [0.4, 0.5) is 0 Å². The Morgan fingerprint density at radius 2 is 1.87 bits per heavy atom. The molecule has 2 rings (SSSR count). The smallest absolute Gasteiger partial charge is 0.303 e. The molecule has 6 nitrogen and oxygen atoms in total. The minimum Gasteiger partial charge on any atom is -0.481 e. The standard InChI is InChI=1S/C17H23NO5/c1-17(2,10-18-15(19)5-3-4-6-16(20)21)12-7-8-13-14(9-12)23-11-22-13/h7-9H,3-6,10-11H2,1-2H3,(H,18,19)(H,20,21). The number of carboxylic acid groups (broad SMARTS) is 1. The molecule has 0 aliphatic carbocycles. The van der Waals surface area contributed by atoms with Crippen LogP contribution in [0.15, 0.2) is 18.2 Å². The van der Waals surface area contributed by atoms with Crippen LogP contribution in [0.5, 0.6) is 11.5 Å². The van der Waals surface area contributed by atoms with Crippen molar-refractivity contribution in [2.24, 2.45) is 0 Å². The molecule has 1 amide bonds. The van der Waals surface area contributed by atoms with Crippen LogP contribution in [-0.4, -0.2) is 30.3 Å². The lowest BCUT2D eigenvalue weighted by molar-refractivity contribution is -0.137. The molecule has 1 aliphatic rings. The van der Waals surface area contributed by atoms with E-state index in [-0.39, 0.29) is 24.5 Å². The van der Waals surface area contributed by atoms with Crippen molar-refractivity contribution in [3.05, 3.63) is 23.8 Å². The minimum absolute atomic E-state index is 0.0517. The van der Waals surface area contributed by atoms with Crippen molar-refractivity contribution < 1.29 is 24.2 Å². The van der Waals surface area contributed by atoms with Crippen LogP contribution in [0.2, 0.25) is 0 Å². The number of carboxylic acids is 1. The van der Waals surface area contributed by atoms with Crippen LogP contribution < -0.4 is 14.8 Å². The number of nitrogens with one attached hydrogen (secondary N) is 1. The highest BCUT2D eigenvalue weighted by molar-refractivity contribution is 5.76. The number of aliphatic carboxylic acids is 1. The lowest BCUT2D eigenvalue weighted by atomic mass is 9.84. The van der Waals surface area contributed by atoms with Crippen LogP contribution in [0.25, 0.3) is 0 Å². The van der Waals surface area contributed by atoms with Crippen molar-refractivity contribution in [1.29, 1.82) is 0 Å². The molecule has 23 heavy (non-hydrogen) atoms. The van der Waals surface area contributed by atoms with Crippen molar-refractivity contribution >= 4 is 11.9 Å². The van der Waals surface area contributed by atoms with E-state index in [2.05, 4.69) is 19.2 Å². The van der Waals surface area contributed by atoms with E-state index in [9.17, 15) is 9.59 Å². The number of benzene rings is 1. The van der Waals surface area contributed by atoms with E-state index in [1.54, 1.807) is 0 Å². The molecular formula is C17H23NO5. The molecule has 0 fully saturated rings. The normalized spacial score (nSPS) is 13.0. The number of amides is 1. The van der Waals surface area contributed by atoms with Crippen molar-refractivity contribution in [3.8, 4) is 11.5 Å². The maximum absolute atomic E-state index is 11.8. The van der Waals surface area contributed by atoms with Gasteiger partial charge in [-0.25, -0.2) is 0 Å². The predicted octanol–water partition coefficient (Wildman–Crippen LogP) is 2.45. The molecule has 0 unspecified atom stereocenters. The van der Waals surface area contributed by atoms with E-state index < -0.39 is 5.97 Å². The maximum atomic E-state index is 11.8. The highest BCUT2D eigenvalue weighted by Gasteiger charge is 2.24. The van der Waals surface area contributed by atoms with E-state index >= 15 is 0 Å². The van der Waals surface area contributed by atoms with E-state index in [1.165, 1.54) is 0 Å². The summed E-state index contributed by atoms with van der Waals surface area (Å²) in [6, 6.07) is 5.81. The Kier molecular flexibility index (Phi) is 5.47. The van der Waals surface area contributed by atoms with E-state index in [0.717, 1.165) is 17.1 Å². The van der Waals surface area contributed by atoms with Crippen LogP contribution in [-0.2, 0) is 15.0 Å². The molecule has 0 spiro atoms. The fourth-order valence-corrected chi connectivity index (χ4v) is 2.39. The van der Waals surface area contributed by atoms with Gasteiger partial charge in [-0.2, -0.15) is 0 Å². The van der Waals surface area contributed by atoms with Crippen molar-refractivity contribution in [2.75, 3.05) is 13.3 Å². The first kappa shape index (κ1) is 17.1. The van der Waals surface area contributed by atoms with Gasteiger partial charge in [0.25, 0.3) is 0 Å². The van der Waals surface area contributed by atoms with Crippen molar-refractivity contribution in [3.63, 3.8) is 0 Å². The second-order valence-corrected chi connectivity index (χ2v) is 6.33. The first-order valence-corrected chi connectivity index (χ1v) is 7.77. The summed E-state index contributed by atoms with van der Waals surface area (Å²) in [5.74, 6) is 0.598. The molecule has 0 bridgehead atoms. The summed E-state index contributed by atoms with van der Waals surface area (Å²) in [4.78, 5) is 22.3. The third-order valence-corrected chi connectivity index (χ3v) is 3.93. The Hall–Kier alpha value is -2.24. The molecule has 1 aromatic carbocycles. The number of ether oxygens (including phenoxy) is 2. The zero-order valence-corrected chi connectivity index (χ0v) is 13.6. The summed E-state index contributed by atoms with van der Waals surface area (Å²) in [5, 5.41) is 11.5. The summed E-state index contributed by atoms with van der Waals surface area (Å²) in [6.07, 6.45) is 1.57. The molecule has 0 saturated heterocycles. The number of unbranched alkanes of at least 4 members (excludes halogenated alkanes) is 1. The number of fused-ring (bicyclic) bond motifs is 1. The van der Waals surface area contributed by atoms with E-state index in [1.807, 2.05) is 18.2 Å². The number of carbonyl (C=O) groups is 2. The Bertz CT molecular complexity index is 582. The Labute approximate surface area is 135 Å². The number of hydrogen-bond acceptors (Lipinski definition) is 4. The highest BCUT2D eigenvalue weighted by Crippen LogP contribution is 2.36. The zero-order chi connectivity index (χ0) is 16.9. The first-order chi connectivity index (χ1) is 10.9. The number of carbonyl (C=O) groups excluding carboxylic acids is 1. The number of hydrogen-bond donors (Lipinski definition) is 2. The van der Waals surface area contributed by atoms with Gasteiger partial charge < -0.3 is 19.9 Å². The molecule has 0 aromatic heterocycles. The third-order valence-electron chi connectivity index (χ3n) is 3.93. The summed E-state index contributed by atoms with van der Waals surface area (Å²) < 4.78 is 10.7. The molecule has 1 heterocycles. The first-order valence-electron chi connectivity index (χ1n) is 7.77. The molecule has 1 aliphatic heterocycles. The predicted molar refractivity (Wildman–Crippen MR) is 84.7 cm³/mol. The quantitative estimate of drug-likeness (QED) is 0.718. The third kappa shape index (κ3) is 4.87. The van der Waals surface area contributed by atoms with Gasteiger partial charge in [0.05, 0.1) is 0 Å². The average molecular weight is 321 g/mol. The van der Waals surface area contributed by atoms with Gasteiger partial charge >= 0.3 is 5.97 Å². The van der Waals surface area contributed by atoms with Gasteiger partial charge in [0.1, 0.15) is 0 Å². The van der Waals surface area contributed by atoms with Crippen LogP contribution >= 0.6 is 0 Å². The van der Waals surface area contributed by atoms with Gasteiger partial charge in [0, 0.05) is 24.8 Å². The fraction of sp³-hybridized carbons (Fsp3) is 0.529. The second kappa shape index (κ2) is 7.35. The van der Waals surface area contributed by atoms with E-state index in [0.29, 0.717) is 25.8 Å². The molecule has 0 saturated carbocycles. The van der Waals surface area contributed by atoms with Crippen molar-refractivity contribution in [2.45, 2.75) is 44.9 Å². The molecule has 126 valence electrons. The summed E-state index contributed by atoms with van der Waals surface area (Å²) in [6.45, 7) is 4.85. The molecule has 2 N–H and O–H groups in total. The molecule has 0 radical (unpaired) electrons. The lowest BCUT2D eigenvalue weighted by Gasteiger charge is -2.26. The van der Waals surface area contributed by atoms with Gasteiger partial charge in [0.15, 0.2) is 11.5 Å². The van der Waals surface area contributed by atoms with Crippen LogP contribution in [0.1, 0.15) is 45.1 Å². The summed E-state index contributed by atoms with van der Waals surface area (Å²) in [7, 11) is 0. The maximum Gasteiger partial charge on any atom is 0.303 e. The second-order valence-electron chi connectivity index (χ2n) is 6.33. The molecule has 6 heteroatoms. The summed E-state index contributed by atoms with van der Waals surface area (Å²) in [5.41, 5.74) is 0.825. The Morgan fingerprint density at radius 1 is 1.17 bits per heavy atom. The van der Waals surface area contributed by atoms with Gasteiger partial charge in [-0.15, -0.1) is 0 Å². The lowest BCUT2D eigenvalue weighted by Crippen LogP contribution is -2.36. The van der Waals surface area contributed by atoms with E-state index in [4.69, 9.17) is 14.6 Å². The van der Waals surface area contributed by atoms with Crippen LogP contribution in [0, 0.1) is 0 Å². The SMILES string of the molecule is CC(C)(CNC(=O)CCCCC(=O)O)c1ccc2c(c1)OCO2. The molecular weight excluding hydrogens is 298 g/mol. The summed E-state index contributed by atoms with van der Waals surface area (Å²) >= 11 is 0. The van der Waals surface area contributed by atoms with Crippen molar-refractivity contribution in [1.82, 2.24) is 5.32 Å². The van der Waals surface area contributed by atoms with Gasteiger partial charge in [0.2, 0.25) is 12.7 Å². The van der Waals surface area contributed by atoms with Gasteiger partial charge in [-0.1, -0.05) is 19.9 Å². The fourth-order valence-electron chi connectivity index (χ4n) is 2.39. The number of rotatable bonds is 8. The zero-order valence-electron chi connectivity index (χ0n) is 13.6. The largest absolute Gasteiger partial charge is 0.481 e. The highest BCUT2D eigenvalue weighted by atomic mass is 16.7. The minimum atomic E-state index is -0.825.